The summed E-state index contributed by atoms with van der Waals surface area (Å²) in [5.74, 6) is 1.16. The summed E-state index contributed by atoms with van der Waals surface area (Å²) in [7, 11) is 1.46. The van der Waals surface area contributed by atoms with Crippen molar-refractivity contribution >= 4 is 11.9 Å². The van der Waals surface area contributed by atoms with Crippen LogP contribution in [0, 0.1) is 10.1 Å². The molecule has 0 bridgehead atoms. The molecule has 98 valence electrons. The normalized spacial score (nSPS) is 10.8. The molecular weight excluding hydrogens is 252 g/mol. The predicted octanol–water partition coefficient (Wildman–Crippen LogP) is 2.67. The Kier molecular flexibility index (Phi) is 3.46. The van der Waals surface area contributed by atoms with Crippen LogP contribution < -0.4 is 4.74 Å². The molecule has 0 saturated carbocycles. The van der Waals surface area contributed by atoms with Crippen molar-refractivity contribution in [3.63, 3.8) is 0 Å². The minimum absolute atomic E-state index is 0.0652. The lowest BCUT2D eigenvalue weighted by molar-refractivity contribution is -0.384. The van der Waals surface area contributed by atoms with Gasteiger partial charge in [-0.25, -0.2) is 0 Å². The van der Waals surface area contributed by atoms with Gasteiger partial charge in [0.15, 0.2) is 0 Å². The Labute approximate surface area is 107 Å². The van der Waals surface area contributed by atoms with E-state index >= 15 is 0 Å². The van der Waals surface area contributed by atoms with E-state index in [9.17, 15) is 10.1 Å². The second-order valence-electron chi connectivity index (χ2n) is 3.59. The average Bonchev–Trinajstić information content (AvgIpc) is 2.87. The van der Waals surface area contributed by atoms with Crippen LogP contribution in [-0.2, 0) is 0 Å². The second-order valence-corrected chi connectivity index (χ2v) is 3.59. The molecule has 1 aromatic carbocycles. The van der Waals surface area contributed by atoms with E-state index in [1.54, 1.807) is 12.1 Å². The summed E-state index contributed by atoms with van der Waals surface area (Å²) >= 11 is 0. The third-order valence-corrected chi connectivity index (χ3v) is 2.47. The summed E-state index contributed by atoms with van der Waals surface area (Å²) in [4.78, 5) is 10.3. The maximum atomic E-state index is 10.8. The predicted molar refractivity (Wildman–Crippen MR) is 66.7 cm³/mol. The monoisotopic (exact) mass is 262 g/mol. The highest BCUT2D eigenvalue weighted by Gasteiger charge is 2.15. The molecule has 1 N–H and O–H groups in total. The molecule has 1 heterocycles. The third kappa shape index (κ3) is 2.54. The van der Waals surface area contributed by atoms with E-state index in [2.05, 4.69) is 5.16 Å². The fourth-order valence-corrected chi connectivity index (χ4v) is 1.63. The van der Waals surface area contributed by atoms with Crippen LogP contribution in [0.2, 0.25) is 0 Å². The molecule has 0 aliphatic rings. The Morgan fingerprint density at radius 3 is 2.84 bits per heavy atom. The van der Waals surface area contributed by atoms with Crippen molar-refractivity contribution in [1.82, 2.24) is 0 Å². The smallest absolute Gasteiger partial charge is 0.270 e. The number of methoxy groups -OCH3 is 1. The largest absolute Gasteiger partial charge is 0.496 e. The lowest BCUT2D eigenvalue weighted by Crippen LogP contribution is -1.91. The number of nitro groups is 1. The quantitative estimate of drug-likeness (QED) is 0.395. The van der Waals surface area contributed by atoms with E-state index in [4.69, 9.17) is 14.4 Å². The zero-order valence-corrected chi connectivity index (χ0v) is 9.94. The van der Waals surface area contributed by atoms with Crippen molar-refractivity contribution < 1.29 is 19.3 Å². The molecular formula is C12H10N2O5. The van der Waals surface area contributed by atoms with Crippen molar-refractivity contribution in [2.24, 2.45) is 5.16 Å². The van der Waals surface area contributed by atoms with Crippen molar-refractivity contribution in [3.05, 3.63) is 46.2 Å². The summed E-state index contributed by atoms with van der Waals surface area (Å²) in [6.07, 6.45) is 1.12. The lowest BCUT2D eigenvalue weighted by atomic mass is 10.1. The van der Waals surface area contributed by atoms with Gasteiger partial charge in [-0.15, -0.1) is 0 Å². The third-order valence-electron chi connectivity index (χ3n) is 2.47. The van der Waals surface area contributed by atoms with Crippen LogP contribution in [0.3, 0.4) is 0 Å². The molecule has 19 heavy (non-hydrogen) atoms. The van der Waals surface area contributed by atoms with E-state index in [1.807, 2.05) is 0 Å². The van der Waals surface area contributed by atoms with E-state index < -0.39 is 4.92 Å². The maximum absolute atomic E-state index is 10.8. The minimum atomic E-state index is -0.498. The first-order chi connectivity index (χ1) is 9.15. The number of non-ortho nitro benzene ring substituents is 1. The van der Waals surface area contributed by atoms with Crippen LogP contribution in [0.1, 0.15) is 5.76 Å². The topological polar surface area (TPSA) is 98.1 Å². The van der Waals surface area contributed by atoms with Gasteiger partial charge < -0.3 is 14.4 Å². The first-order valence-electron chi connectivity index (χ1n) is 5.25. The number of rotatable bonds is 4. The second kappa shape index (κ2) is 5.21. The van der Waals surface area contributed by atoms with E-state index in [-0.39, 0.29) is 5.69 Å². The molecule has 0 aliphatic carbocycles. The number of nitrogens with zero attached hydrogens (tertiary/aromatic N) is 2. The highest BCUT2D eigenvalue weighted by molar-refractivity contribution is 5.78. The van der Waals surface area contributed by atoms with Crippen LogP contribution >= 0.6 is 0 Å². The summed E-state index contributed by atoms with van der Waals surface area (Å²) in [6.45, 7) is 0. The van der Waals surface area contributed by atoms with Gasteiger partial charge >= 0.3 is 0 Å². The molecule has 0 spiro atoms. The molecule has 1 aromatic heterocycles. The number of ether oxygens (including phenoxy) is 1. The molecule has 0 aliphatic heterocycles. The number of benzene rings is 1. The minimum Gasteiger partial charge on any atom is -0.496 e. The Balaban J connectivity index is 2.51. The van der Waals surface area contributed by atoms with Gasteiger partial charge in [-0.3, -0.25) is 10.1 Å². The fraction of sp³-hybridized carbons (Fsp3) is 0.0833. The first kappa shape index (κ1) is 12.6. The van der Waals surface area contributed by atoms with Crippen LogP contribution in [0.4, 0.5) is 5.69 Å². The fourth-order valence-electron chi connectivity index (χ4n) is 1.63. The molecule has 0 amide bonds. The molecule has 7 heteroatoms. The Hall–Kier alpha value is -2.83. The van der Waals surface area contributed by atoms with Crippen molar-refractivity contribution in [3.8, 4) is 17.1 Å². The average molecular weight is 262 g/mol. The van der Waals surface area contributed by atoms with E-state index in [0.717, 1.165) is 6.21 Å². The summed E-state index contributed by atoms with van der Waals surface area (Å²) < 4.78 is 10.5. The van der Waals surface area contributed by atoms with E-state index in [1.165, 1.54) is 25.3 Å². The molecule has 0 unspecified atom stereocenters. The molecule has 0 atom stereocenters. The van der Waals surface area contributed by atoms with Crippen molar-refractivity contribution in [2.45, 2.75) is 0 Å². The molecule has 0 saturated heterocycles. The Morgan fingerprint density at radius 1 is 1.42 bits per heavy atom. The van der Waals surface area contributed by atoms with Crippen molar-refractivity contribution in [1.29, 1.82) is 0 Å². The highest BCUT2D eigenvalue weighted by atomic mass is 16.6. The Morgan fingerprint density at radius 2 is 2.21 bits per heavy atom. The standard InChI is InChI=1S/C12H10N2O5/c1-18-11-4-2-8(14(16)17)6-10(11)12-5-3-9(19-12)7-13-15/h2-7,15H,1H3/b13-7+. The first-order valence-corrected chi connectivity index (χ1v) is 5.25. The van der Waals surface area contributed by atoms with Crippen LogP contribution in [0.5, 0.6) is 5.75 Å². The number of furan rings is 1. The highest BCUT2D eigenvalue weighted by Crippen LogP contribution is 2.34. The van der Waals surface area contributed by atoms with Gasteiger partial charge in [-0.2, -0.15) is 0 Å². The van der Waals surface area contributed by atoms with Crippen LogP contribution in [0.15, 0.2) is 39.9 Å². The van der Waals surface area contributed by atoms with Crippen LogP contribution in [0.25, 0.3) is 11.3 Å². The summed E-state index contributed by atoms with van der Waals surface area (Å²) in [6, 6.07) is 7.39. The Bertz CT molecular complexity index is 633. The van der Waals surface area contributed by atoms with Gasteiger partial charge in [-0.1, -0.05) is 5.16 Å². The SMILES string of the molecule is COc1ccc([N+](=O)[O-])cc1-c1ccc(/C=N/O)o1. The number of hydrogen-bond donors (Lipinski definition) is 1. The maximum Gasteiger partial charge on any atom is 0.270 e. The van der Waals surface area contributed by atoms with Gasteiger partial charge in [0.2, 0.25) is 0 Å². The number of hydrogen-bond acceptors (Lipinski definition) is 6. The number of oxime groups is 1. The van der Waals surface area contributed by atoms with Gasteiger partial charge in [0.1, 0.15) is 23.5 Å². The van der Waals surface area contributed by atoms with Crippen molar-refractivity contribution in [2.75, 3.05) is 7.11 Å². The van der Waals surface area contributed by atoms with Gasteiger partial charge in [-0.05, 0) is 18.2 Å². The van der Waals surface area contributed by atoms with Gasteiger partial charge in [0, 0.05) is 12.1 Å². The van der Waals surface area contributed by atoms with Gasteiger partial charge in [0.25, 0.3) is 5.69 Å². The molecule has 0 fully saturated rings. The number of nitro benzene ring substituents is 1. The molecule has 2 rings (SSSR count). The zero-order chi connectivity index (χ0) is 13.8. The molecule has 2 aromatic rings. The lowest BCUT2D eigenvalue weighted by Gasteiger charge is -2.05. The summed E-state index contributed by atoms with van der Waals surface area (Å²) in [5.41, 5.74) is 0.388. The summed E-state index contributed by atoms with van der Waals surface area (Å²) in [5, 5.41) is 22.0. The van der Waals surface area contributed by atoms with Crippen LogP contribution in [-0.4, -0.2) is 23.5 Å². The van der Waals surface area contributed by atoms with E-state index in [0.29, 0.717) is 22.8 Å². The van der Waals surface area contributed by atoms with Gasteiger partial charge in [0.05, 0.1) is 17.6 Å². The molecule has 7 nitrogen and oxygen atoms in total. The molecule has 0 radical (unpaired) electrons. The zero-order valence-electron chi connectivity index (χ0n) is 9.94.